The van der Waals surface area contributed by atoms with E-state index in [1.165, 1.54) is 31.0 Å². The van der Waals surface area contributed by atoms with E-state index in [0.717, 1.165) is 34.9 Å². The Bertz CT molecular complexity index is 1030. The molecule has 0 unspecified atom stereocenters. The number of nitrogens with zero attached hydrogens (tertiary/aromatic N) is 3. The highest BCUT2D eigenvalue weighted by molar-refractivity contribution is 7.99. The second-order valence-corrected chi connectivity index (χ2v) is 9.10. The Balaban J connectivity index is 1.32. The molecule has 1 heterocycles. The van der Waals surface area contributed by atoms with Gasteiger partial charge in [-0.25, -0.2) is 4.98 Å². The first-order chi connectivity index (χ1) is 14.8. The summed E-state index contributed by atoms with van der Waals surface area (Å²) in [6.07, 6.45) is 5.02. The van der Waals surface area contributed by atoms with Gasteiger partial charge in [0.2, 0.25) is 11.1 Å². The number of aromatic nitrogens is 3. The van der Waals surface area contributed by atoms with E-state index < -0.39 is 0 Å². The van der Waals surface area contributed by atoms with Gasteiger partial charge in [0.1, 0.15) is 11.4 Å². The van der Waals surface area contributed by atoms with Crippen molar-refractivity contribution in [3.8, 4) is 22.5 Å². The summed E-state index contributed by atoms with van der Waals surface area (Å²) in [6, 6.07) is 20.3. The minimum Gasteiger partial charge on any atom is -0.352 e. The third-order valence-electron chi connectivity index (χ3n) is 6.18. The lowest BCUT2D eigenvalue weighted by Gasteiger charge is -2.22. The normalized spacial score (nSPS) is 22.2. The summed E-state index contributed by atoms with van der Waals surface area (Å²) in [5.41, 5.74) is 3.49. The molecule has 0 spiro atoms. The highest BCUT2D eigenvalue weighted by atomic mass is 32.2. The van der Waals surface area contributed by atoms with Crippen LogP contribution in [0.2, 0.25) is 0 Å². The summed E-state index contributed by atoms with van der Waals surface area (Å²) in [5, 5.41) is 12.5. The van der Waals surface area contributed by atoms with Gasteiger partial charge < -0.3 is 5.32 Å². The van der Waals surface area contributed by atoms with E-state index >= 15 is 0 Å². The number of nitrogens with one attached hydrogen (secondary N) is 1. The van der Waals surface area contributed by atoms with Gasteiger partial charge >= 0.3 is 0 Å². The molecule has 0 radical (unpaired) electrons. The Morgan fingerprint density at radius 1 is 0.900 bits per heavy atom. The minimum absolute atomic E-state index is 0.0644. The first kappa shape index (κ1) is 19.2. The Morgan fingerprint density at radius 2 is 1.60 bits per heavy atom. The van der Waals surface area contributed by atoms with Crippen LogP contribution < -0.4 is 5.32 Å². The average molecular weight is 417 g/mol. The van der Waals surface area contributed by atoms with Crippen molar-refractivity contribution in [1.29, 1.82) is 0 Å². The van der Waals surface area contributed by atoms with Crippen molar-refractivity contribution in [1.82, 2.24) is 20.5 Å². The number of amides is 1. The number of hydrogen-bond acceptors (Lipinski definition) is 5. The maximum Gasteiger partial charge on any atom is 0.230 e. The van der Waals surface area contributed by atoms with Crippen LogP contribution in [-0.4, -0.2) is 32.9 Å². The fraction of sp³-hybridized carbons (Fsp3) is 0.333. The van der Waals surface area contributed by atoms with Crippen molar-refractivity contribution in [3.63, 3.8) is 0 Å². The molecule has 3 aromatic rings. The Labute approximate surface area is 180 Å². The minimum atomic E-state index is 0.0644. The summed E-state index contributed by atoms with van der Waals surface area (Å²) in [7, 11) is 0. The zero-order chi connectivity index (χ0) is 20.3. The zero-order valence-electron chi connectivity index (χ0n) is 16.7. The molecular weight excluding hydrogens is 392 g/mol. The van der Waals surface area contributed by atoms with Gasteiger partial charge in [-0.1, -0.05) is 78.8 Å². The predicted octanol–water partition coefficient (Wildman–Crippen LogP) is 4.60. The molecular formula is C24H24N4OS. The van der Waals surface area contributed by atoms with Crippen LogP contribution in [0.25, 0.3) is 22.5 Å². The smallest absolute Gasteiger partial charge is 0.230 e. The Morgan fingerprint density at radius 3 is 2.23 bits per heavy atom. The van der Waals surface area contributed by atoms with Crippen molar-refractivity contribution in [2.75, 3.05) is 5.75 Å². The van der Waals surface area contributed by atoms with Gasteiger partial charge in [-0.15, -0.1) is 10.2 Å². The predicted molar refractivity (Wildman–Crippen MR) is 119 cm³/mol. The topological polar surface area (TPSA) is 67.8 Å². The van der Waals surface area contributed by atoms with Crippen LogP contribution in [-0.2, 0) is 4.79 Å². The number of carbonyl (C=O) groups excluding carboxylic acids is 1. The molecule has 2 bridgehead atoms. The largest absolute Gasteiger partial charge is 0.352 e. The third kappa shape index (κ3) is 4.10. The van der Waals surface area contributed by atoms with Gasteiger partial charge in [0.25, 0.3) is 0 Å². The van der Waals surface area contributed by atoms with Crippen LogP contribution in [0.3, 0.4) is 0 Å². The van der Waals surface area contributed by atoms with Crippen molar-refractivity contribution >= 4 is 17.7 Å². The fourth-order valence-electron chi connectivity index (χ4n) is 4.76. The van der Waals surface area contributed by atoms with Crippen molar-refractivity contribution in [2.45, 2.75) is 36.9 Å². The van der Waals surface area contributed by atoms with Crippen LogP contribution in [0.1, 0.15) is 25.7 Å². The van der Waals surface area contributed by atoms with Crippen molar-refractivity contribution < 1.29 is 4.79 Å². The van der Waals surface area contributed by atoms with Crippen molar-refractivity contribution in [2.24, 2.45) is 11.8 Å². The SMILES string of the molecule is O=C(CSc1nnc(-c2ccccc2)c(-c2ccccc2)n1)N[C@@H]1C[C@H]2CC[C@H]1C2. The maximum atomic E-state index is 12.5. The number of fused-ring (bicyclic) bond motifs is 2. The molecule has 0 saturated heterocycles. The third-order valence-corrected chi connectivity index (χ3v) is 7.02. The standard InChI is InChI=1S/C24H24N4OS/c29-21(25-20-14-16-11-12-19(20)13-16)15-30-24-26-22(17-7-3-1-4-8-17)23(27-28-24)18-9-5-2-6-10-18/h1-10,16,19-20H,11-15H2,(H,25,29)/t16-,19-,20+/m0/s1. The van der Waals surface area contributed by atoms with Crippen LogP contribution >= 0.6 is 11.8 Å². The summed E-state index contributed by atoms with van der Waals surface area (Å²) in [5.74, 6) is 1.87. The Kier molecular flexibility index (Phi) is 5.49. The van der Waals surface area contributed by atoms with Gasteiger partial charge in [0.05, 0.1) is 5.75 Å². The lowest BCUT2D eigenvalue weighted by molar-refractivity contribution is -0.119. The zero-order valence-corrected chi connectivity index (χ0v) is 17.5. The van der Waals surface area contributed by atoms with Crippen LogP contribution in [0.15, 0.2) is 65.8 Å². The van der Waals surface area contributed by atoms with E-state index in [1.807, 2.05) is 60.7 Å². The molecule has 5 nitrogen and oxygen atoms in total. The number of rotatable bonds is 6. The number of benzene rings is 2. The molecule has 5 rings (SSSR count). The Hall–Kier alpha value is -2.73. The molecule has 152 valence electrons. The molecule has 1 amide bonds. The van der Waals surface area contributed by atoms with E-state index in [9.17, 15) is 4.79 Å². The van der Waals surface area contributed by atoms with Crippen LogP contribution in [0, 0.1) is 11.8 Å². The summed E-state index contributed by atoms with van der Waals surface area (Å²) < 4.78 is 0. The first-order valence-corrected chi connectivity index (χ1v) is 11.5. The molecule has 2 aliphatic rings. The molecule has 2 aliphatic carbocycles. The molecule has 1 aromatic heterocycles. The van der Waals surface area contributed by atoms with E-state index in [-0.39, 0.29) is 5.91 Å². The first-order valence-electron chi connectivity index (χ1n) is 10.5. The summed E-state index contributed by atoms with van der Waals surface area (Å²) >= 11 is 1.35. The van der Waals surface area contributed by atoms with Gasteiger partial charge in [-0.05, 0) is 31.1 Å². The monoisotopic (exact) mass is 416 g/mol. The molecule has 2 aromatic carbocycles. The number of carbonyl (C=O) groups is 1. The van der Waals surface area contributed by atoms with Crippen LogP contribution in [0.4, 0.5) is 0 Å². The quantitative estimate of drug-likeness (QED) is 0.595. The van der Waals surface area contributed by atoms with E-state index in [0.29, 0.717) is 22.9 Å². The van der Waals surface area contributed by atoms with Crippen LogP contribution in [0.5, 0.6) is 0 Å². The molecule has 3 atom stereocenters. The number of hydrogen-bond donors (Lipinski definition) is 1. The van der Waals surface area contributed by atoms with E-state index in [2.05, 4.69) is 15.5 Å². The fourth-order valence-corrected chi connectivity index (χ4v) is 5.36. The second-order valence-electron chi connectivity index (χ2n) is 8.16. The highest BCUT2D eigenvalue weighted by Gasteiger charge is 2.40. The van der Waals surface area contributed by atoms with E-state index in [1.54, 1.807) is 0 Å². The van der Waals surface area contributed by atoms with Gasteiger partial charge in [-0.2, -0.15) is 0 Å². The van der Waals surface area contributed by atoms with Crippen molar-refractivity contribution in [3.05, 3.63) is 60.7 Å². The summed E-state index contributed by atoms with van der Waals surface area (Å²) in [6.45, 7) is 0. The molecule has 0 aliphatic heterocycles. The molecule has 30 heavy (non-hydrogen) atoms. The maximum absolute atomic E-state index is 12.5. The molecule has 6 heteroatoms. The average Bonchev–Trinajstić information content (AvgIpc) is 3.42. The van der Waals surface area contributed by atoms with Gasteiger partial charge in [0, 0.05) is 17.2 Å². The van der Waals surface area contributed by atoms with Gasteiger partial charge in [-0.3, -0.25) is 4.79 Å². The highest BCUT2D eigenvalue weighted by Crippen LogP contribution is 2.44. The van der Waals surface area contributed by atoms with E-state index in [4.69, 9.17) is 4.98 Å². The molecule has 1 N–H and O–H groups in total. The molecule has 2 saturated carbocycles. The lowest BCUT2D eigenvalue weighted by atomic mass is 9.95. The molecule has 2 fully saturated rings. The second kappa shape index (κ2) is 8.56. The lowest BCUT2D eigenvalue weighted by Crippen LogP contribution is -2.39. The number of thioether (sulfide) groups is 1. The van der Waals surface area contributed by atoms with Gasteiger partial charge in [0.15, 0.2) is 0 Å². The summed E-state index contributed by atoms with van der Waals surface area (Å²) in [4.78, 5) is 17.3.